The minimum Gasteiger partial charge on any atom is -0.325 e. The van der Waals surface area contributed by atoms with E-state index in [1.54, 1.807) is 23.5 Å². The Bertz CT molecular complexity index is 467. The molecule has 0 bridgehead atoms. The van der Waals surface area contributed by atoms with Gasteiger partial charge in [-0.3, -0.25) is 0 Å². The molecule has 0 radical (unpaired) electrons. The molecule has 0 saturated heterocycles. The SMILES string of the molecule is NCc1nc(I)sc1-c1ccc(F)cc1. The van der Waals surface area contributed by atoms with Gasteiger partial charge in [0.2, 0.25) is 0 Å². The van der Waals surface area contributed by atoms with Crippen molar-refractivity contribution in [2.24, 2.45) is 5.73 Å². The number of aromatic nitrogens is 1. The number of benzene rings is 1. The first-order valence-corrected chi connectivity index (χ1v) is 6.21. The smallest absolute Gasteiger partial charge is 0.154 e. The third kappa shape index (κ3) is 2.35. The van der Waals surface area contributed by atoms with Crippen LogP contribution in [0, 0.1) is 8.83 Å². The van der Waals surface area contributed by atoms with E-state index in [1.807, 2.05) is 0 Å². The van der Waals surface area contributed by atoms with E-state index in [-0.39, 0.29) is 5.82 Å². The van der Waals surface area contributed by atoms with Crippen molar-refractivity contribution in [1.29, 1.82) is 0 Å². The monoisotopic (exact) mass is 334 g/mol. The molecular formula is C10H8FIN2S. The molecule has 1 heterocycles. The highest BCUT2D eigenvalue weighted by Crippen LogP contribution is 2.30. The Labute approximate surface area is 104 Å². The summed E-state index contributed by atoms with van der Waals surface area (Å²) in [6.07, 6.45) is 0. The molecule has 78 valence electrons. The fourth-order valence-electron chi connectivity index (χ4n) is 1.29. The second kappa shape index (κ2) is 4.54. The molecule has 15 heavy (non-hydrogen) atoms. The molecule has 5 heteroatoms. The molecule has 2 aromatic rings. The van der Waals surface area contributed by atoms with Crippen LogP contribution >= 0.6 is 33.9 Å². The zero-order chi connectivity index (χ0) is 10.8. The molecule has 0 saturated carbocycles. The van der Waals surface area contributed by atoms with Crippen LogP contribution < -0.4 is 5.73 Å². The Hall–Kier alpha value is -0.530. The first-order chi connectivity index (χ1) is 7.20. The molecule has 0 aliphatic carbocycles. The lowest BCUT2D eigenvalue weighted by Crippen LogP contribution is -1.98. The highest BCUT2D eigenvalue weighted by Gasteiger charge is 2.10. The van der Waals surface area contributed by atoms with Gasteiger partial charge in [0.15, 0.2) is 3.01 Å². The van der Waals surface area contributed by atoms with E-state index in [1.165, 1.54) is 12.1 Å². The van der Waals surface area contributed by atoms with Gasteiger partial charge in [-0.2, -0.15) is 0 Å². The maximum Gasteiger partial charge on any atom is 0.154 e. The fraction of sp³-hybridized carbons (Fsp3) is 0.100. The lowest BCUT2D eigenvalue weighted by Gasteiger charge is -1.99. The van der Waals surface area contributed by atoms with Crippen LogP contribution in [0.15, 0.2) is 24.3 Å². The van der Waals surface area contributed by atoms with E-state index in [0.717, 1.165) is 19.1 Å². The van der Waals surface area contributed by atoms with Crippen LogP contribution in [0.1, 0.15) is 5.69 Å². The minimum absolute atomic E-state index is 0.229. The number of thiazole rings is 1. The van der Waals surface area contributed by atoms with Crippen molar-refractivity contribution in [3.8, 4) is 10.4 Å². The maximum atomic E-state index is 12.8. The average molecular weight is 334 g/mol. The molecule has 1 aromatic carbocycles. The number of hydrogen-bond donors (Lipinski definition) is 1. The normalized spacial score (nSPS) is 10.6. The Morgan fingerprint density at radius 3 is 2.60 bits per heavy atom. The van der Waals surface area contributed by atoms with E-state index in [4.69, 9.17) is 5.73 Å². The zero-order valence-electron chi connectivity index (χ0n) is 7.71. The summed E-state index contributed by atoms with van der Waals surface area (Å²) in [6, 6.07) is 6.39. The zero-order valence-corrected chi connectivity index (χ0v) is 10.7. The van der Waals surface area contributed by atoms with Gasteiger partial charge in [0.05, 0.1) is 10.6 Å². The van der Waals surface area contributed by atoms with Crippen molar-refractivity contribution in [3.63, 3.8) is 0 Å². The fourth-order valence-corrected chi connectivity index (χ4v) is 3.06. The highest BCUT2D eigenvalue weighted by atomic mass is 127. The van der Waals surface area contributed by atoms with Gasteiger partial charge in [-0.15, -0.1) is 11.3 Å². The lowest BCUT2D eigenvalue weighted by molar-refractivity contribution is 0.628. The summed E-state index contributed by atoms with van der Waals surface area (Å²) in [7, 11) is 0. The van der Waals surface area contributed by atoms with E-state index in [2.05, 4.69) is 27.6 Å². The van der Waals surface area contributed by atoms with Crippen LogP contribution in [0.25, 0.3) is 10.4 Å². The first kappa shape index (κ1) is 11.0. The van der Waals surface area contributed by atoms with Crippen molar-refractivity contribution in [2.45, 2.75) is 6.54 Å². The quantitative estimate of drug-likeness (QED) is 0.858. The Morgan fingerprint density at radius 1 is 1.33 bits per heavy atom. The molecule has 0 unspecified atom stereocenters. The number of nitrogens with zero attached hydrogens (tertiary/aromatic N) is 1. The van der Waals surface area contributed by atoms with E-state index in [0.29, 0.717) is 6.54 Å². The Morgan fingerprint density at radius 2 is 2.00 bits per heavy atom. The largest absolute Gasteiger partial charge is 0.325 e. The van der Waals surface area contributed by atoms with Gasteiger partial charge >= 0.3 is 0 Å². The van der Waals surface area contributed by atoms with Gasteiger partial charge in [-0.05, 0) is 40.3 Å². The van der Waals surface area contributed by atoms with Crippen LogP contribution in [0.4, 0.5) is 4.39 Å². The van der Waals surface area contributed by atoms with Gasteiger partial charge in [0.1, 0.15) is 5.82 Å². The Balaban J connectivity index is 2.48. The lowest BCUT2D eigenvalue weighted by atomic mass is 10.1. The third-order valence-corrected chi connectivity index (χ3v) is 3.81. The van der Waals surface area contributed by atoms with Gasteiger partial charge in [0, 0.05) is 6.54 Å². The number of nitrogens with two attached hydrogens (primary N) is 1. The van der Waals surface area contributed by atoms with Crippen molar-refractivity contribution in [2.75, 3.05) is 0 Å². The van der Waals surface area contributed by atoms with E-state index >= 15 is 0 Å². The number of hydrogen-bond acceptors (Lipinski definition) is 3. The molecule has 0 spiro atoms. The molecule has 0 aliphatic heterocycles. The molecule has 0 fully saturated rings. The van der Waals surface area contributed by atoms with Crippen LogP contribution in [0.5, 0.6) is 0 Å². The molecule has 2 rings (SSSR count). The van der Waals surface area contributed by atoms with Crippen LogP contribution in [0.3, 0.4) is 0 Å². The molecule has 0 aliphatic rings. The second-order valence-electron chi connectivity index (χ2n) is 2.95. The summed E-state index contributed by atoms with van der Waals surface area (Å²) in [4.78, 5) is 5.34. The topological polar surface area (TPSA) is 38.9 Å². The summed E-state index contributed by atoms with van der Waals surface area (Å²) < 4.78 is 13.7. The second-order valence-corrected chi connectivity index (χ2v) is 5.71. The van der Waals surface area contributed by atoms with E-state index < -0.39 is 0 Å². The molecule has 0 atom stereocenters. The van der Waals surface area contributed by atoms with Gasteiger partial charge in [0.25, 0.3) is 0 Å². The van der Waals surface area contributed by atoms with Gasteiger partial charge in [-0.1, -0.05) is 12.1 Å². The highest BCUT2D eigenvalue weighted by molar-refractivity contribution is 14.1. The van der Waals surface area contributed by atoms with Crippen molar-refractivity contribution in [1.82, 2.24) is 4.98 Å². The van der Waals surface area contributed by atoms with E-state index in [9.17, 15) is 4.39 Å². The van der Waals surface area contributed by atoms with Crippen LogP contribution in [-0.4, -0.2) is 4.98 Å². The van der Waals surface area contributed by atoms with Gasteiger partial charge < -0.3 is 5.73 Å². The molecule has 2 N–H and O–H groups in total. The molecule has 0 amide bonds. The molecule has 1 aromatic heterocycles. The maximum absolute atomic E-state index is 12.8. The summed E-state index contributed by atoms with van der Waals surface area (Å²) in [5, 5.41) is 0. The van der Waals surface area contributed by atoms with Crippen molar-refractivity contribution in [3.05, 3.63) is 38.8 Å². The van der Waals surface area contributed by atoms with Crippen LogP contribution in [0.2, 0.25) is 0 Å². The minimum atomic E-state index is -0.229. The molecule has 2 nitrogen and oxygen atoms in total. The van der Waals surface area contributed by atoms with Crippen molar-refractivity contribution < 1.29 is 4.39 Å². The number of halogens is 2. The summed E-state index contributed by atoms with van der Waals surface area (Å²) in [6.45, 7) is 0.409. The van der Waals surface area contributed by atoms with Crippen molar-refractivity contribution >= 4 is 33.9 Å². The summed E-state index contributed by atoms with van der Waals surface area (Å²) in [5.74, 6) is -0.229. The standard InChI is InChI=1S/C10H8FIN2S/c11-7-3-1-6(2-4-7)9-8(5-13)14-10(12)15-9/h1-4H,5,13H2. The van der Waals surface area contributed by atoms with Gasteiger partial charge in [-0.25, -0.2) is 9.37 Å². The Kier molecular flexibility index (Phi) is 3.32. The third-order valence-electron chi connectivity index (χ3n) is 1.97. The summed E-state index contributed by atoms with van der Waals surface area (Å²) >= 11 is 3.73. The predicted octanol–water partition coefficient (Wildman–Crippen LogP) is 3.01. The summed E-state index contributed by atoms with van der Waals surface area (Å²) in [5.41, 5.74) is 7.44. The van der Waals surface area contributed by atoms with Crippen LogP contribution in [-0.2, 0) is 6.54 Å². The number of rotatable bonds is 2. The first-order valence-electron chi connectivity index (χ1n) is 4.32. The molecular weight excluding hydrogens is 326 g/mol. The average Bonchev–Trinajstić information content (AvgIpc) is 2.61. The predicted molar refractivity (Wildman–Crippen MR) is 68.1 cm³/mol.